The Morgan fingerprint density at radius 2 is 1.77 bits per heavy atom. The van der Waals surface area contributed by atoms with Crippen LogP contribution >= 0.6 is 34.8 Å². The summed E-state index contributed by atoms with van der Waals surface area (Å²) in [6.07, 6.45) is -1.23. The zero-order valence-electron chi connectivity index (χ0n) is 15.6. The van der Waals surface area contributed by atoms with E-state index in [1.807, 2.05) is 0 Å². The first-order valence-electron chi connectivity index (χ1n) is 8.22. The van der Waals surface area contributed by atoms with E-state index in [1.165, 1.54) is 38.3 Å². The molecule has 12 heteroatoms. The highest BCUT2D eigenvalue weighted by Gasteiger charge is 2.21. The molecule has 30 heavy (non-hydrogen) atoms. The topological polar surface area (TPSA) is 117 Å². The lowest BCUT2D eigenvalue weighted by Crippen LogP contribution is -2.31. The van der Waals surface area contributed by atoms with Crippen LogP contribution in [0.15, 0.2) is 30.3 Å². The molecule has 0 saturated heterocycles. The SMILES string of the molecule is COc1ccc([N+](=O)[O-])cc1NC(=O)C(C)OC(=O)COc1cc(Cl)c(Cl)cc1Cl. The Morgan fingerprint density at radius 1 is 1.10 bits per heavy atom. The third-order valence-electron chi connectivity index (χ3n) is 3.65. The van der Waals surface area contributed by atoms with Gasteiger partial charge in [0.2, 0.25) is 0 Å². The zero-order chi connectivity index (χ0) is 22.4. The number of carbonyl (C=O) groups is 2. The lowest BCUT2D eigenvalue weighted by molar-refractivity contribution is -0.384. The summed E-state index contributed by atoms with van der Waals surface area (Å²) < 4.78 is 15.3. The summed E-state index contributed by atoms with van der Waals surface area (Å²) >= 11 is 17.6. The average Bonchev–Trinajstić information content (AvgIpc) is 2.69. The van der Waals surface area contributed by atoms with E-state index in [1.54, 1.807) is 0 Å². The summed E-state index contributed by atoms with van der Waals surface area (Å²) in [5.74, 6) is -1.27. The van der Waals surface area contributed by atoms with E-state index in [2.05, 4.69) is 5.32 Å². The molecule has 0 aliphatic rings. The third kappa shape index (κ3) is 6.12. The van der Waals surface area contributed by atoms with E-state index in [-0.39, 0.29) is 37.9 Å². The van der Waals surface area contributed by atoms with Gasteiger partial charge in [0.15, 0.2) is 12.7 Å². The van der Waals surface area contributed by atoms with Gasteiger partial charge in [0.05, 0.1) is 32.8 Å². The van der Waals surface area contributed by atoms with Crippen molar-refractivity contribution in [2.45, 2.75) is 13.0 Å². The predicted molar refractivity (Wildman–Crippen MR) is 111 cm³/mol. The van der Waals surface area contributed by atoms with E-state index in [0.29, 0.717) is 0 Å². The van der Waals surface area contributed by atoms with Gasteiger partial charge in [-0.1, -0.05) is 34.8 Å². The van der Waals surface area contributed by atoms with Crippen molar-refractivity contribution in [1.29, 1.82) is 0 Å². The number of halogens is 3. The number of hydrogen-bond donors (Lipinski definition) is 1. The van der Waals surface area contributed by atoms with Gasteiger partial charge in [0.1, 0.15) is 11.5 Å². The van der Waals surface area contributed by atoms with Gasteiger partial charge in [0, 0.05) is 18.2 Å². The number of amides is 1. The van der Waals surface area contributed by atoms with Crippen LogP contribution in [0.1, 0.15) is 6.92 Å². The van der Waals surface area contributed by atoms with Crippen molar-refractivity contribution in [1.82, 2.24) is 0 Å². The zero-order valence-corrected chi connectivity index (χ0v) is 17.9. The molecule has 2 aromatic carbocycles. The van der Waals surface area contributed by atoms with Crippen molar-refractivity contribution in [3.63, 3.8) is 0 Å². The summed E-state index contributed by atoms with van der Waals surface area (Å²) in [5.41, 5.74) is -0.193. The lowest BCUT2D eigenvalue weighted by atomic mass is 10.2. The van der Waals surface area contributed by atoms with Gasteiger partial charge in [-0.15, -0.1) is 0 Å². The van der Waals surface area contributed by atoms with Crippen LogP contribution in [0.3, 0.4) is 0 Å². The molecule has 0 aromatic heterocycles. The Bertz CT molecular complexity index is 984. The van der Waals surface area contributed by atoms with Gasteiger partial charge in [-0.3, -0.25) is 14.9 Å². The van der Waals surface area contributed by atoms with Crippen molar-refractivity contribution in [3.8, 4) is 11.5 Å². The fourth-order valence-corrected chi connectivity index (χ4v) is 2.77. The summed E-state index contributed by atoms with van der Waals surface area (Å²) in [7, 11) is 1.34. The predicted octanol–water partition coefficient (Wildman–Crippen LogP) is 4.51. The lowest BCUT2D eigenvalue weighted by Gasteiger charge is -2.15. The summed E-state index contributed by atoms with van der Waals surface area (Å²) in [6, 6.07) is 6.38. The Labute approximate surface area is 185 Å². The summed E-state index contributed by atoms with van der Waals surface area (Å²) in [4.78, 5) is 34.6. The number of benzene rings is 2. The van der Waals surface area contributed by atoms with Gasteiger partial charge in [-0.2, -0.15) is 0 Å². The largest absolute Gasteiger partial charge is 0.495 e. The molecule has 2 rings (SSSR count). The number of methoxy groups -OCH3 is 1. The summed E-state index contributed by atoms with van der Waals surface area (Å²) in [5, 5.41) is 13.9. The van der Waals surface area contributed by atoms with Crippen LogP contribution in [-0.4, -0.2) is 36.6 Å². The Kier molecular flexibility index (Phi) is 8.10. The van der Waals surface area contributed by atoms with Crippen LogP contribution in [0.2, 0.25) is 15.1 Å². The number of nitrogens with one attached hydrogen (secondary N) is 1. The normalized spacial score (nSPS) is 11.4. The number of anilines is 1. The van der Waals surface area contributed by atoms with Crippen LogP contribution in [0.4, 0.5) is 11.4 Å². The van der Waals surface area contributed by atoms with Crippen LogP contribution < -0.4 is 14.8 Å². The first kappa shape index (κ1) is 23.5. The molecule has 9 nitrogen and oxygen atoms in total. The van der Waals surface area contributed by atoms with E-state index >= 15 is 0 Å². The first-order chi connectivity index (χ1) is 14.1. The van der Waals surface area contributed by atoms with Crippen molar-refractivity contribution in [2.75, 3.05) is 19.0 Å². The molecule has 2 aromatic rings. The van der Waals surface area contributed by atoms with Crippen molar-refractivity contribution in [2.24, 2.45) is 0 Å². The minimum Gasteiger partial charge on any atom is -0.495 e. The monoisotopic (exact) mass is 476 g/mol. The molecule has 0 bridgehead atoms. The number of rotatable bonds is 8. The van der Waals surface area contributed by atoms with Crippen molar-refractivity contribution in [3.05, 3.63) is 55.5 Å². The highest BCUT2D eigenvalue weighted by atomic mass is 35.5. The maximum Gasteiger partial charge on any atom is 0.344 e. The molecular weight excluding hydrogens is 463 g/mol. The van der Waals surface area contributed by atoms with Gasteiger partial charge in [0.25, 0.3) is 11.6 Å². The molecular formula is C18H15Cl3N2O7. The fraction of sp³-hybridized carbons (Fsp3) is 0.222. The second-order valence-corrected chi connectivity index (χ2v) is 6.97. The maximum atomic E-state index is 12.3. The maximum absolute atomic E-state index is 12.3. The number of non-ortho nitro benzene ring substituents is 1. The second-order valence-electron chi connectivity index (χ2n) is 5.75. The number of carbonyl (C=O) groups excluding carboxylic acids is 2. The van der Waals surface area contributed by atoms with Crippen LogP contribution in [-0.2, 0) is 14.3 Å². The van der Waals surface area contributed by atoms with Gasteiger partial charge >= 0.3 is 5.97 Å². The molecule has 0 spiro atoms. The average molecular weight is 478 g/mol. The van der Waals surface area contributed by atoms with Crippen molar-refractivity contribution >= 4 is 58.1 Å². The van der Waals surface area contributed by atoms with E-state index < -0.39 is 29.5 Å². The number of hydrogen-bond acceptors (Lipinski definition) is 7. The second kappa shape index (κ2) is 10.3. The molecule has 0 saturated carbocycles. The van der Waals surface area contributed by atoms with E-state index in [4.69, 9.17) is 49.0 Å². The highest BCUT2D eigenvalue weighted by Crippen LogP contribution is 2.34. The van der Waals surface area contributed by atoms with Crippen LogP contribution in [0, 0.1) is 10.1 Å². The van der Waals surface area contributed by atoms with Crippen molar-refractivity contribution < 1.29 is 28.7 Å². The third-order valence-corrected chi connectivity index (χ3v) is 4.67. The minimum atomic E-state index is -1.23. The molecule has 0 radical (unpaired) electrons. The first-order valence-corrected chi connectivity index (χ1v) is 9.36. The van der Waals surface area contributed by atoms with Gasteiger partial charge < -0.3 is 19.5 Å². The number of nitro benzene ring substituents is 1. The molecule has 0 aliphatic heterocycles. The minimum absolute atomic E-state index is 0.0541. The quantitative estimate of drug-likeness (QED) is 0.257. The number of esters is 1. The molecule has 160 valence electrons. The number of nitrogens with zero attached hydrogens (tertiary/aromatic N) is 1. The van der Waals surface area contributed by atoms with E-state index in [9.17, 15) is 19.7 Å². The Morgan fingerprint density at radius 3 is 2.40 bits per heavy atom. The van der Waals surface area contributed by atoms with E-state index in [0.717, 1.165) is 6.07 Å². The Balaban J connectivity index is 1.97. The highest BCUT2D eigenvalue weighted by molar-refractivity contribution is 6.43. The standard InChI is InChI=1S/C18H15Cl3N2O7/c1-9(18(25)22-14-5-10(23(26)27)3-4-15(14)28-2)30-17(24)8-29-16-7-12(20)11(19)6-13(16)21/h3-7,9H,8H2,1-2H3,(H,22,25). The number of nitro groups is 1. The Hall–Kier alpha value is -2.75. The molecule has 0 aliphatic carbocycles. The number of ether oxygens (including phenoxy) is 3. The smallest absolute Gasteiger partial charge is 0.344 e. The molecule has 1 N–H and O–H groups in total. The van der Waals surface area contributed by atoms with Crippen LogP contribution in [0.5, 0.6) is 11.5 Å². The van der Waals surface area contributed by atoms with Gasteiger partial charge in [-0.25, -0.2) is 4.79 Å². The summed E-state index contributed by atoms with van der Waals surface area (Å²) in [6.45, 7) is 0.776. The fourth-order valence-electron chi connectivity index (χ4n) is 2.18. The molecule has 1 amide bonds. The van der Waals surface area contributed by atoms with Gasteiger partial charge in [-0.05, 0) is 19.1 Å². The molecule has 1 atom stereocenters. The van der Waals surface area contributed by atoms with Crippen LogP contribution in [0.25, 0.3) is 0 Å². The molecule has 0 heterocycles. The molecule has 1 unspecified atom stereocenters. The molecule has 0 fully saturated rings.